The molecule has 132 valence electrons. The summed E-state index contributed by atoms with van der Waals surface area (Å²) in [6, 6.07) is 0. The van der Waals surface area contributed by atoms with Gasteiger partial charge in [0.25, 0.3) is 0 Å². The van der Waals surface area contributed by atoms with E-state index in [1.54, 1.807) is 0 Å². The molecule has 0 aliphatic carbocycles. The molecule has 0 bridgehead atoms. The van der Waals surface area contributed by atoms with Gasteiger partial charge in [0, 0.05) is 11.8 Å². The number of alkyl halides is 3. The van der Waals surface area contributed by atoms with E-state index in [1.807, 2.05) is 0 Å². The maximum atomic E-state index is 12.5. The highest BCUT2D eigenvalue weighted by atomic mass is 32.2. The number of thioether (sulfide) groups is 1. The lowest BCUT2D eigenvalue weighted by molar-refractivity contribution is -0.0511. The fourth-order valence-electron chi connectivity index (χ4n) is 2.36. The van der Waals surface area contributed by atoms with Crippen LogP contribution in [-0.2, 0) is 4.74 Å². The molecule has 3 rings (SSSR count). The number of imidazole rings is 1. The summed E-state index contributed by atoms with van der Waals surface area (Å²) in [4.78, 5) is 11.2. The van der Waals surface area contributed by atoms with E-state index in [4.69, 9.17) is 15.6 Å². The first-order valence-electron chi connectivity index (χ1n) is 6.59. The minimum atomic E-state index is -4.60. The van der Waals surface area contributed by atoms with Gasteiger partial charge in [0.15, 0.2) is 22.8 Å². The van der Waals surface area contributed by atoms with Crippen molar-refractivity contribution in [3.8, 4) is 0 Å². The Kier molecular flexibility index (Phi) is 4.29. The third kappa shape index (κ3) is 3.00. The molecule has 1 aliphatic heterocycles. The van der Waals surface area contributed by atoms with Gasteiger partial charge < -0.3 is 25.8 Å². The van der Waals surface area contributed by atoms with Gasteiger partial charge in [-0.2, -0.15) is 13.2 Å². The van der Waals surface area contributed by atoms with Gasteiger partial charge in [0.2, 0.25) is 0 Å². The van der Waals surface area contributed by atoms with Crippen molar-refractivity contribution in [2.24, 2.45) is 0 Å². The van der Waals surface area contributed by atoms with Gasteiger partial charge in [-0.3, -0.25) is 4.57 Å². The number of aromatic nitrogens is 4. The smallest absolute Gasteiger partial charge is 0.394 e. The number of nitrogens with two attached hydrogens (primary N) is 1. The van der Waals surface area contributed by atoms with Crippen LogP contribution in [0.3, 0.4) is 0 Å². The van der Waals surface area contributed by atoms with E-state index >= 15 is 0 Å². The summed E-state index contributed by atoms with van der Waals surface area (Å²) < 4.78 is 44.0. The normalized spacial score (nSPS) is 27.9. The van der Waals surface area contributed by atoms with Crippen molar-refractivity contribution in [3.05, 3.63) is 6.33 Å². The Morgan fingerprint density at radius 3 is 2.58 bits per heavy atom. The second kappa shape index (κ2) is 6.00. The Bertz CT molecular complexity index is 757. The first-order valence-corrected chi connectivity index (χ1v) is 7.41. The molecular formula is C11H12F3N5O4S. The fourth-order valence-corrected chi connectivity index (χ4v) is 2.85. The zero-order chi connectivity index (χ0) is 17.6. The van der Waals surface area contributed by atoms with Gasteiger partial charge in [0.05, 0.1) is 12.9 Å². The minimum absolute atomic E-state index is 0.0271. The molecule has 24 heavy (non-hydrogen) atoms. The largest absolute Gasteiger partial charge is 0.449 e. The molecule has 4 atom stereocenters. The summed E-state index contributed by atoms with van der Waals surface area (Å²) in [5.74, 6) is -0.266. The predicted octanol–water partition coefficient (Wildman–Crippen LogP) is -0.368. The van der Waals surface area contributed by atoms with Crippen molar-refractivity contribution in [1.82, 2.24) is 19.5 Å². The van der Waals surface area contributed by atoms with E-state index in [2.05, 4.69) is 15.0 Å². The fraction of sp³-hybridized carbons (Fsp3) is 0.545. The molecule has 3 heterocycles. The Hall–Kier alpha value is -1.67. The van der Waals surface area contributed by atoms with Crippen LogP contribution >= 0.6 is 11.8 Å². The first-order chi connectivity index (χ1) is 11.2. The molecule has 0 unspecified atom stereocenters. The van der Waals surface area contributed by atoms with Gasteiger partial charge in [-0.1, -0.05) is 0 Å². The number of halogens is 3. The monoisotopic (exact) mass is 367 g/mol. The maximum absolute atomic E-state index is 12.5. The third-order valence-electron chi connectivity index (χ3n) is 3.43. The molecule has 0 amide bonds. The molecule has 2 aromatic rings. The zero-order valence-electron chi connectivity index (χ0n) is 11.8. The van der Waals surface area contributed by atoms with Crippen molar-refractivity contribution < 1.29 is 33.2 Å². The number of nitrogen functional groups attached to an aromatic ring is 1. The van der Waals surface area contributed by atoms with E-state index in [-0.39, 0.29) is 17.0 Å². The molecule has 0 spiro atoms. The van der Waals surface area contributed by atoms with E-state index in [1.165, 1.54) is 0 Å². The number of ether oxygens (including phenoxy) is 1. The standard InChI is InChI=1S/C11H12F3N5O4S/c12-11(13,14)24-10-17-7(15)4-8(18-10)19(2-16-4)9-6(22)5(21)3(1-20)23-9/h2-3,5-6,9,20-22H,1H2,(H2,15,17,18)/t3-,5+,6+,9+/m0/s1. The first kappa shape index (κ1) is 17.2. The van der Waals surface area contributed by atoms with Crippen LogP contribution in [-0.4, -0.2) is 65.3 Å². The van der Waals surface area contributed by atoms with Crippen LogP contribution in [0.25, 0.3) is 11.2 Å². The van der Waals surface area contributed by atoms with E-state index in [9.17, 15) is 23.4 Å². The number of aliphatic hydroxyl groups excluding tert-OH is 3. The van der Waals surface area contributed by atoms with Crippen LogP contribution in [0.5, 0.6) is 0 Å². The quantitative estimate of drug-likeness (QED) is 0.423. The van der Waals surface area contributed by atoms with Gasteiger partial charge in [-0.15, -0.1) is 0 Å². The highest BCUT2D eigenvalue weighted by Crippen LogP contribution is 2.37. The maximum Gasteiger partial charge on any atom is 0.449 e. The van der Waals surface area contributed by atoms with Crippen molar-refractivity contribution in [3.63, 3.8) is 0 Å². The molecule has 0 radical (unpaired) electrons. The molecule has 0 saturated carbocycles. The molecule has 13 heteroatoms. The average molecular weight is 367 g/mol. The molecule has 9 nitrogen and oxygen atoms in total. The highest BCUT2D eigenvalue weighted by Gasteiger charge is 2.44. The Labute approximate surface area is 136 Å². The number of hydrogen-bond acceptors (Lipinski definition) is 9. The van der Waals surface area contributed by atoms with Gasteiger partial charge >= 0.3 is 5.51 Å². The predicted molar refractivity (Wildman–Crippen MR) is 74.7 cm³/mol. The van der Waals surface area contributed by atoms with E-state index in [0.29, 0.717) is 0 Å². The van der Waals surface area contributed by atoms with Crippen LogP contribution in [0.15, 0.2) is 11.5 Å². The van der Waals surface area contributed by atoms with Gasteiger partial charge in [-0.25, -0.2) is 15.0 Å². The van der Waals surface area contributed by atoms with Crippen LogP contribution in [0.4, 0.5) is 19.0 Å². The van der Waals surface area contributed by atoms with Crippen molar-refractivity contribution in [2.45, 2.75) is 35.2 Å². The number of aliphatic hydroxyl groups is 3. The summed E-state index contributed by atoms with van der Waals surface area (Å²) in [6.45, 7) is -0.548. The third-order valence-corrected chi connectivity index (χ3v) is 4.02. The number of rotatable bonds is 3. The average Bonchev–Trinajstić information content (AvgIpc) is 3.00. The zero-order valence-corrected chi connectivity index (χ0v) is 12.6. The summed E-state index contributed by atoms with van der Waals surface area (Å²) in [5.41, 5.74) is 0.932. The summed E-state index contributed by atoms with van der Waals surface area (Å²) in [5, 5.41) is 28.3. The lowest BCUT2D eigenvalue weighted by Crippen LogP contribution is -2.33. The summed E-state index contributed by atoms with van der Waals surface area (Å²) >= 11 is -0.545. The lowest BCUT2D eigenvalue weighted by atomic mass is 10.1. The topological polar surface area (TPSA) is 140 Å². The molecular weight excluding hydrogens is 355 g/mol. The molecule has 1 fully saturated rings. The summed E-state index contributed by atoms with van der Waals surface area (Å²) in [7, 11) is 0. The summed E-state index contributed by atoms with van der Waals surface area (Å²) in [6.07, 6.45) is -3.90. The number of hydrogen-bond donors (Lipinski definition) is 4. The molecule has 1 aliphatic rings. The van der Waals surface area contributed by atoms with Crippen molar-refractivity contribution in [1.29, 1.82) is 0 Å². The van der Waals surface area contributed by atoms with Gasteiger partial charge in [0.1, 0.15) is 23.8 Å². The Morgan fingerprint density at radius 1 is 1.29 bits per heavy atom. The molecule has 2 aromatic heterocycles. The molecule has 0 aromatic carbocycles. The second-order valence-electron chi connectivity index (χ2n) is 4.99. The molecule has 1 saturated heterocycles. The van der Waals surface area contributed by atoms with Crippen molar-refractivity contribution >= 4 is 28.7 Å². The second-order valence-corrected chi connectivity index (χ2v) is 6.02. The number of nitrogens with zero attached hydrogens (tertiary/aromatic N) is 4. The van der Waals surface area contributed by atoms with Crippen LogP contribution in [0, 0.1) is 0 Å². The number of fused-ring (bicyclic) bond motifs is 1. The van der Waals surface area contributed by atoms with Crippen LogP contribution in [0.2, 0.25) is 0 Å². The van der Waals surface area contributed by atoms with Gasteiger partial charge in [-0.05, 0) is 0 Å². The Balaban J connectivity index is 2.03. The van der Waals surface area contributed by atoms with Crippen LogP contribution < -0.4 is 5.73 Å². The SMILES string of the molecule is Nc1nc(SC(F)(F)F)nc2c1ncn2[C@@H]1O[C@@H](CO)[C@@H](O)[C@H]1O. The van der Waals surface area contributed by atoms with Crippen LogP contribution in [0.1, 0.15) is 6.23 Å². The number of anilines is 1. The molecule has 5 N–H and O–H groups in total. The highest BCUT2D eigenvalue weighted by molar-refractivity contribution is 8.00. The minimum Gasteiger partial charge on any atom is -0.394 e. The lowest BCUT2D eigenvalue weighted by Gasteiger charge is -2.16. The van der Waals surface area contributed by atoms with Crippen molar-refractivity contribution in [2.75, 3.05) is 12.3 Å². The Morgan fingerprint density at radius 2 is 2.00 bits per heavy atom. The van der Waals surface area contributed by atoms with E-state index in [0.717, 1.165) is 10.9 Å². The van der Waals surface area contributed by atoms with E-state index < -0.39 is 53.6 Å².